The predicted molar refractivity (Wildman–Crippen MR) is 96.8 cm³/mol. The molecule has 0 bridgehead atoms. The van der Waals surface area contributed by atoms with Crippen LogP contribution in [-0.4, -0.2) is 31.6 Å². The lowest BCUT2D eigenvalue weighted by molar-refractivity contribution is 0.357. The molecule has 1 aliphatic rings. The van der Waals surface area contributed by atoms with Crippen molar-refractivity contribution in [3.8, 4) is 5.69 Å². The third-order valence-electron chi connectivity index (χ3n) is 4.35. The molecule has 2 atom stereocenters. The van der Waals surface area contributed by atoms with Crippen molar-refractivity contribution >= 4 is 17.3 Å². The van der Waals surface area contributed by atoms with Crippen LogP contribution in [0.2, 0.25) is 0 Å². The van der Waals surface area contributed by atoms with Gasteiger partial charge in [-0.3, -0.25) is 9.97 Å². The number of nitrogens with one attached hydrogen (secondary N) is 1. The van der Waals surface area contributed by atoms with Crippen molar-refractivity contribution in [2.75, 3.05) is 7.05 Å². The van der Waals surface area contributed by atoms with E-state index in [9.17, 15) is 0 Å². The molecule has 0 saturated carbocycles. The van der Waals surface area contributed by atoms with Crippen LogP contribution in [-0.2, 0) is 0 Å². The summed E-state index contributed by atoms with van der Waals surface area (Å²) in [5.41, 5.74) is 3.16. The van der Waals surface area contributed by atoms with Gasteiger partial charge in [0.05, 0.1) is 29.7 Å². The van der Waals surface area contributed by atoms with E-state index in [1.807, 2.05) is 55.8 Å². The van der Waals surface area contributed by atoms with Crippen LogP contribution in [0.15, 0.2) is 67.3 Å². The lowest BCUT2D eigenvalue weighted by Gasteiger charge is -2.25. The number of thiocarbonyl (C=S) groups is 1. The predicted octanol–water partition coefficient (Wildman–Crippen LogP) is 2.87. The Balaban J connectivity index is 1.80. The highest BCUT2D eigenvalue weighted by Gasteiger charge is 2.39. The van der Waals surface area contributed by atoms with Crippen LogP contribution in [0, 0.1) is 0 Å². The zero-order valence-corrected chi connectivity index (χ0v) is 14.0. The normalized spacial score (nSPS) is 20.2. The first-order chi connectivity index (χ1) is 11.8. The first-order valence-electron chi connectivity index (χ1n) is 7.77. The zero-order valence-electron chi connectivity index (χ0n) is 13.2. The van der Waals surface area contributed by atoms with Gasteiger partial charge in [-0.25, -0.2) is 0 Å². The maximum atomic E-state index is 5.50. The fraction of sp³-hybridized carbons (Fsp3) is 0.167. The highest BCUT2D eigenvalue weighted by molar-refractivity contribution is 7.80. The Hall–Kier alpha value is -2.73. The molecular weight excluding hydrogens is 318 g/mol. The maximum Gasteiger partial charge on any atom is 0.169 e. The standard InChI is InChI=1S/C18H17N5S/c1-22-17(16(21-18(22)24)14-7-2-3-10-20-14)15-8-5-11-23(15)13-6-4-9-19-12-13/h2-12,16-17H,1H3,(H,21,24)/t16-,17+/m0/s1. The molecule has 5 nitrogen and oxygen atoms in total. The Kier molecular flexibility index (Phi) is 3.74. The van der Waals surface area contributed by atoms with Gasteiger partial charge in [-0.15, -0.1) is 0 Å². The quantitative estimate of drug-likeness (QED) is 0.746. The number of aromatic nitrogens is 3. The zero-order chi connectivity index (χ0) is 16.5. The molecule has 0 unspecified atom stereocenters. The summed E-state index contributed by atoms with van der Waals surface area (Å²) in [4.78, 5) is 10.8. The van der Waals surface area contributed by atoms with Crippen LogP contribution in [0.3, 0.4) is 0 Å². The van der Waals surface area contributed by atoms with Crippen LogP contribution in [0.1, 0.15) is 23.5 Å². The molecule has 1 aliphatic heterocycles. The van der Waals surface area contributed by atoms with Gasteiger partial charge in [0.25, 0.3) is 0 Å². The first kappa shape index (κ1) is 14.8. The van der Waals surface area contributed by atoms with E-state index in [0.29, 0.717) is 0 Å². The van der Waals surface area contributed by atoms with Crippen LogP contribution >= 0.6 is 12.2 Å². The van der Waals surface area contributed by atoms with E-state index in [1.54, 1.807) is 6.20 Å². The van der Waals surface area contributed by atoms with Gasteiger partial charge in [0.1, 0.15) is 0 Å². The average Bonchev–Trinajstić information content (AvgIpc) is 3.22. The fourth-order valence-electron chi connectivity index (χ4n) is 3.20. The van der Waals surface area contributed by atoms with Crippen LogP contribution < -0.4 is 5.32 Å². The smallest absolute Gasteiger partial charge is 0.169 e. The first-order valence-corrected chi connectivity index (χ1v) is 8.18. The number of likely N-dealkylation sites (N-methyl/N-ethyl adjacent to an activating group) is 1. The Morgan fingerprint density at radius 2 is 2.00 bits per heavy atom. The van der Waals surface area contributed by atoms with Crippen LogP contribution in [0.25, 0.3) is 5.69 Å². The summed E-state index contributed by atoms with van der Waals surface area (Å²) in [6.45, 7) is 0. The third-order valence-corrected chi connectivity index (χ3v) is 4.75. The molecule has 1 N–H and O–H groups in total. The van der Waals surface area contributed by atoms with E-state index in [0.717, 1.165) is 22.2 Å². The minimum Gasteiger partial charge on any atom is -0.352 e. The second-order valence-corrected chi connectivity index (χ2v) is 6.14. The van der Waals surface area contributed by atoms with Gasteiger partial charge in [0.2, 0.25) is 0 Å². The van der Waals surface area contributed by atoms with Crippen molar-refractivity contribution in [2.45, 2.75) is 12.1 Å². The van der Waals surface area contributed by atoms with Gasteiger partial charge in [0.15, 0.2) is 5.11 Å². The van der Waals surface area contributed by atoms with Gasteiger partial charge in [0, 0.05) is 31.3 Å². The van der Waals surface area contributed by atoms with Crippen molar-refractivity contribution < 1.29 is 0 Å². The summed E-state index contributed by atoms with van der Waals surface area (Å²) in [7, 11) is 2.02. The highest BCUT2D eigenvalue weighted by Crippen LogP contribution is 2.38. The van der Waals surface area contributed by atoms with E-state index in [4.69, 9.17) is 12.2 Å². The SMILES string of the molecule is CN1C(=S)N[C@@H](c2ccccn2)[C@H]1c1cccn1-c1cccnc1. The van der Waals surface area contributed by atoms with E-state index < -0.39 is 0 Å². The summed E-state index contributed by atoms with van der Waals surface area (Å²) in [5, 5.41) is 4.13. The van der Waals surface area contributed by atoms with Gasteiger partial charge in [-0.1, -0.05) is 6.07 Å². The highest BCUT2D eigenvalue weighted by atomic mass is 32.1. The van der Waals surface area contributed by atoms with Crippen LogP contribution in [0.4, 0.5) is 0 Å². The number of pyridine rings is 2. The topological polar surface area (TPSA) is 46.0 Å². The lowest BCUT2D eigenvalue weighted by atomic mass is 10.0. The van der Waals surface area contributed by atoms with Crippen molar-refractivity contribution in [3.05, 3.63) is 78.6 Å². The number of rotatable bonds is 3. The fourth-order valence-corrected chi connectivity index (χ4v) is 3.44. The minimum atomic E-state index is 0.00835. The molecule has 3 aromatic rings. The van der Waals surface area contributed by atoms with E-state index in [-0.39, 0.29) is 12.1 Å². The number of nitrogens with zero attached hydrogens (tertiary/aromatic N) is 4. The number of hydrogen-bond acceptors (Lipinski definition) is 3. The second-order valence-electron chi connectivity index (χ2n) is 5.75. The molecule has 4 rings (SSSR count). The third kappa shape index (κ3) is 2.45. The van der Waals surface area contributed by atoms with E-state index in [1.165, 1.54) is 0 Å². The summed E-state index contributed by atoms with van der Waals surface area (Å²) in [5.74, 6) is 0. The molecule has 24 heavy (non-hydrogen) atoms. The van der Waals surface area contributed by atoms with Gasteiger partial charge in [-0.05, 0) is 48.6 Å². The van der Waals surface area contributed by atoms with E-state index >= 15 is 0 Å². The van der Waals surface area contributed by atoms with Gasteiger partial charge >= 0.3 is 0 Å². The lowest BCUT2D eigenvalue weighted by Crippen LogP contribution is -2.25. The molecule has 3 aromatic heterocycles. The molecule has 120 valence electrons. The maximum absolute atomic E-state index is 5.50. The summed E-state index contributed by atoms with van der Waals surface area (Å²) < 4.78 is 2.15. The molecule has 0 aliphatic carbocycles. The van der Waals surface area contributed by atoms with Gasteiger partial charge in [-0.2, -0.15) is 0 Å². The molecule has 0 aromatic carbocycles. The molecule has 6 heteroatoms. The molecule has 4 heterocycles. The van der Waals surface area contributed by atoms with E-state index in [2.05, 4.69) is 37.0 Å². The van der Waals surface area contributed by atoms with Crippen LogP contribution in [0.5, 0.6) is 0 Å². The molecule has 0 amide bonds. The molecule has 0 spiro atoms. The largest absolute Gasteiger partial charge is 0.352 e. The van der Waals surface area contributed by atoms with Crippen molar-refractivity contribution in [3.63, 3.8) is 0 Å². The second kappa shape index (κ2) is 6.05. The summed E-state index contributed by atoms with van der Waals surface area (Å²) >= 11 is 5.50. The molecular formula is C18H17N5S. The monoisotopic (exact) mass is 335 g/mol. The summed E-state index contributed by atoms with van der Waals surface area (Å²) in [6.07, 6.45) is 7.51. The Bertz CT molecular complexity index is 846. The number of hydrogen-bond donors (Lipinski definition) is 1. The summed E-state index contributed by atoms with van der Waals surface area (Å²) in [6, 6.07) is 14.2. The molecule has 0 radical (unpaired) electrons. The Morgan fingerprint density at radius 3 is 2.75 bits per heavy atom. The van der Waals surface area contributed by atoms with Crippen molar-refractivity contribution in [2.24, 2.45) is 0 Å². The Labute approximate surface area is 146 Å². The molecule has 1 saturated heterocycles. The molecule has 1 fully saturated rings. The average molecular weight is 335 g/mol. The van der Waals surface area contributed by atoms with Crippen molar-refractivity contribution in [1.82, 2.24) is 24.8 Å². The van der Waals surface area contributed by atoms with Gasteiger partial charge < -0.3 is 14.8 Å². The minimum absolute atomic E-state index is 0.00835. The van der Waals surface area contributed by atoms with Crippen molar-refractivity contribution in [1.29, 1.82) is 0 Å². The Morgan fingerprint density at radius 1 is 1.08 bits per heavy atom.